The van der Waals surface area contributed by atoms with Gasteiger partial charge in [0.25, 0.3) is 0 Å². The van der Waals surface area contributed by atoms with E-state index in [1.165, 1.54) is 19.3 Å². The van der Waals surface area contributed by atoms with E-state index in [0.29, 0.717) is 23.5 Å². The van der Waals surface area contributed by atoms with Gasteiger partial charge in [-0.3, -0.25) is 4.79 Å². The van der Waals surface area contributed by atoms with Gasteiger partial charge in [0.15, 0.2) is 5.78 Å². The lowest BCUT2D eigenvalue weighted by Gasteiger charge is -2.05. The van der Waals surface area contributed by atoms with Crippen LogP contribution in [-0.2, 0) is 0 Å². The van der Waals surface area contributed by atoms with Crippen LogP contribution in [0.4, 0.5) is 0 Å². The highest BCUT2D eigenvalue weighted by molar-refractivity contribution is 6.00. The first-order chi connectivity index (χ1) is 7.81. The molecule has 2 atom stereocenters. The minimum absolute atomic E-state index is 0.320. The van der Waals surface area contributed by atoms with Crippen molar-refractivity contribution < 1.29 is 9.53 Å². The van der Waals surface area contributed by atoms with Gasteiger partial charge in [-0.05, 0) is 36.8 Å². The summed E-state index contributed by atoms with van der Waals surface area (Å²) in [6, 6.07) is 7.53. The number of carbonyl (C=O) groups excluding carboxylic acids is 1. The zero-order chi connectivity index (χ0) is 11.1. The Labute approximate surface area is 95.6 Å². The van der Waals surface area contributed by atoms with Gasteiger partial charge in [0.1, 0.15) is 5.75 Å². The van der Waals surface area contributed by atoms with E-state index in [1.54, 1.807) is 7.11 Å². The molecule has 2 nitrogen and oxygen atoms in total. The fourth-order valence-electron chi connectivity index (χ4n) is 3.18. The molecule has 0 aromatic heterocycles. The average Bonchev–Trinajstić information content (AvgIpc) is 2.81. The number of Topliss-reactive ketones (excluding diaryl/α,β-unsaturated/α-hetero) is 1. The maximum absolute atomic E-state index is 12.2. The predicted molar refractivity (Wildman–Crippen MR) is 61.6 cm³/mol. The van der Waals surface area contributed by atoms with Crippen LogP contribution in [0, 0.1) is 17.8 Å². The molecule has 0 saturated heterocycles. The quantitative estimate of drug-likeness (QED) is 0.726. The first-order valence-corrected chi connectivity index (χ1v) is 5.99. The molecule has 2 aliphatic carbocycles. The Kier molecular flexibility index (Phi) is 2.23. The Morgan fingerprint density at radius 2 is 2.06 bits per heavy atom. The molecule has 2 aliphatic rings. The lowest BCUT2D eigenvalue weighted by atomic mass is 10.0. The van der Waals surface area contributed by atoms with Crippen LogP contribution >= 0.6 is 0 Å². The SMILES string of the molecule is COc1cccc(C(=O)C2C3CCCC32)c1. The molecule has 84 valence electrons. The third-order valence-corrected chi connectivity index (χ3v) is 4.06. The Balaban J connectivity index is 1.79. The fraction of sp³-hybridized carbons (Fsp3) is 0.500. The van der Waals surface area contributed by atoms with Gasteiger partial charge in [-0.15, -0.1) is 0 Å². The summed E-state index contributed by atoms with van der Waals surface area (Å²) in [5.41, 5.74) is 0.818. The van der Waals surface area contributed by atoms with E-state index in [4.69, 9.17) is 4.74 Å². The van der Waals surface area contributed by atoms with E-state index >= 15 is 0 Å². The second-order valence-corrected chi connectivity index (χ2v) is 4.88. The van der Waals surface area contributed by atoms with E-state index < -0.39 is 0 Å². The molecule has 0 spiro atoms. The van der Waals surface area contributed by atoms with Crippen molar-refractivity contribution in [1.29, 1.82) is 0 Å². The number of benzene rings is 1. The molecule has 1 aromatic rings. The smallest absolute Gasteiger partial charge is 0.166 e. The molecular formula is C14H16O2. The van der Waals surface area contributed by atoms with Crippen molar-refractivity contribution in [3.05, 3.63) is 29.8 Å². The van der Waals surface area contributed by atoms with Crippen LogP contribution < -0.4 is 4.74 Å². The second kappa shape index (κ2) is 3.62. The van der Waals surface area contributed by atoms with Crippen LogP contribution in [-0.4, -0.2) is 12.9 Å². The van der Waals surface area contributed by atoms with Crippen molar-refractivity contribution in [2.45, 2.75) is 19.3 Å². The number of ether oxygens (including phenoxy) is 1. The van der Waals surface area contributed by atoms with Gasteiger partial charge in [0.2, 0.25) is 0 Å². The molecule has 2 heteroatoms. The summed E-state index contributed by atoms with van der Waals surface area (Å²) in [6.07, 6.45) is 3.83. The zero-order valence-corrected chi connectivity index (χ0v) is 9.48. The van der Waals surface area contributed by atoms with Gasteiger partial charge in [-0.2, -0.15) is 0 Å². The first-order valence-electron chi connectivity index (χ1n) is 5.99. The van der Waals surface area contributed by atoms with Gasteiger partial charge in [-0.1, -0.05) is 18.6 Å². The van der Waals surface area contributed by atoms with Crippen LogP contribution in [0.5, 0.6) is 5.75 Å². The Hall–Kier alpha value is -1.31. The molecule has 0 bridgehead atoms. The standard InChI is InChI=1S/C14H16O2/c1-16-10-5-2-4-9(8-10)14(15)13-11-6-3-7-12(11)13/h2,4-5,8,11-13H,3,6-7H2,1H3. The van der Waals surface area contributed by atoms with E-state index in [0.717, 1.165) is 11.3 Å². The number of fused-ring (bicyclic) bond motifs is 1. The monoisotopic (exact) mass is 216 g/mol. The number of carbonyl (C=O) groups is 1. The molecule has 2 fully saturated rings. The molecule has 0 aliphatic heterocycles. The maximum atomic E-state index is 12.2. The summed E-state index contributed by atoms with van der Waals surface area (Å²) < 4.78 is 5.15. The molecule has 1 aromatic carbocycles. The van der Waals surface area contributed by atoms with Crippen LogP contribution in [0.1, 0.15) is 29.6 Å². The molecule has 0 amide bonds. The Morgan fingerprint density at radius 1 is 1.31 bits per heavy atom. The third kappa shape index (κ3) is 1.44. The Morgan fingerprint density at radius 3 is 2.75 bits per heavy atom. The normalized spacial score (nSPS) is 30.9. The van der Waals surface area contributed by atoms with Crippen molar-refractivity contribution >= 4 is 5.78 Å². The number of hydrogen-bond donors (Lipinski definition) is 0. The molecule has 0 radical (unpaired) electrons. The summed E-state index contributed by atoms with van der Waals surface area (Å²) in [5, 5.41) is 0. The molecule has 2 unspecified atom stereocenters. The van der Waals surface area contributed by atoms with Crippen molar-refractivity contribution in [3.8, 4) is 5.75 Å². The van der Waals surface area contributed by atoms with E-state index in [-0.39, 0.29) is 0 Å². The summed E-state index contributed by atoms with van der Waals surface area (Å²) >= 11 is 0. The molecular weight excluding hydrogens is 200 g/mol. The molecule has 0 heterocycles. The van der Waals surface area contributed by atoms with Gasteiger partial charge >= 0.3 is 0 Å². The van der Waals surface area contributed by atoms with Crippen LogP contribution in [0.25, 0.3) is 0 Å². The summed E-state index contributed by atoms with van der Waals surface area (Å²) in [4.78, 5) is 12.2. The lowest BCUT2D eigenvalue weighted by Crippen LogP contribution is -2.06. The highest BCUT2D eigenvalue weighted by Gasteiger charge is 2.56. The summed E-state index contributed by atoms with van der Waals surface area (Å²) in [7, 11) is 1.63. The van der Waals surface area contributed by atoms with Crippen molar-refractivity contribution in [3.63, 3.8) is 0 Å². The highest BCUT2D eigenvalue weighted by atomic mass is 16.5. The van der Waals surface area contributed by atoms with Gasteiger partial charge in [-0.25, -0.2) is 0 Å². The average molecular weight is 216 g/mol. The van der Waals surface area contributed by atoms with Crippen molar-refractivity contribution in [1.82, 2.24) is 0 Å². The van der Waals surface area contributed by atoms with Crippen LogP contribution in [0.15, 0.2) is 24.3 Å². The molecule has 2 saturated carbocycles. The number of hydrogen-bond acceptors (Lipinski definition) is 2. The van der Waals surface area contributed by atoms with Crippen LogP contribution in [0.3, 0.4) is 0 Å². The molecule has 3 rings (SSSR count). The van der Waals surface area contributed by atoms with E-state index in [1.807, 2.05) is 24.3 Å². The van der Waals surface area contributed by atoms with Gasteiger partial charge in [0.05, 0.1) is 7.11 Å². The second-order valence-electron chi connectivity index (χ2n) is 4.88. The minimum atomic E-state index is 0.320. The maximum Gasteiger partial charge on any atom is 0.166 e. The topological polar surface area (TPSA) is 26.3 Å². The highest BCUT2D eigenvalue weighted by Crippen LogP contribution is 2.58. The van der Waals surface area contributed by atoms with E-state index in [2.05, 4.69) is 0 Å². The fourth-order valence-corrected chi connectivity index (χ4v) is 3.18. The van der Waals surface area contributed by atoms with E-state index in [9.17, 15) is 4.79 Å². The van der Waals surface area contributed by atoms with Gasteiger partial charge < -0.3 is 4.74 Å². The molecule has 16 heavy (non-hydrogen) atoms. The van der Waals surface area contributed by atoms with Crippen molar-refractivity contribution in [2.75, 3.05) is 7.11 Å². The van der Waals surface area contributed by atoms with Gasteiger partial charge in [0, 0.05) is 11.5 Å². The largest absolute Gasteiger partial charge is 0.497 e. The number of ketones is 1. The van der Waals surface area contributed by atoms with Crippen LogP contribution in [0.2, 0.25) is 0 Å². The first kappa shape index (κ1) is 9.88. The summed E-state index contributed by atoms with van der Waals surface area (Å²) in [6.45, 7) is 0. The number of methoxy groups -OCH3 is 1. The third-order valence-electron chi connectivity index (χ3n) is 4.06. The Bertz CT molecular complexity index is 414. The predicted octanol–water partition coefficient (Wildman–Crippen LogP) is 2.92. The molecule has 0 N–H and O–H groups in total. The lowest BCUT2D eigenvalue weighted by molar-refractivity contribution is 0.0951. The summed E-state index contributed by atoms with van der Waals surface area (Å²) in [5.74, 6) is 2.81. The zero-order valence-electron chi connectivity index (χ0n) is 9.48. The number of rotatable bonds is 3. The van der Waals surface area contributed by atoms with Crippen molar-refractivity contribution in [2.24, 2.45) is 17.8 Å². The minimum Gasteiger partial charge on any atom is -0.497 e.